The van der Waals surface area contributed by atoms with Gasteiger partial charge < -0.3 is 14.2 Å². The van der Waals surface area contributed by atoms with Gasteiger partial charge in [-0.1, -0.05) is 27.4 Å². The SMILES string of the molecule is C=C(C1OC=NC1OC(=O)OCC)C(C)(C)C. The Hall–Kier alpha value is -1.52. The third-order valence-corrected chi connectivity index (χ3v) is 2.46. The van der Waals surface area contributed by atoms with Crippen molar-refractivity contribution in [3.05, 3.63) is 12.2 Å². The van der Waals surface area contributed by atoms with Gasteiger partial charge in [-0.15, -0.1) is 0 Å². The standard InChI is InChI=1S/C12H19NO4/c1-6-15-11(14)17-10-9(16-7-13-10)8(2)12(3,4)5/h7,9-10H,2,6H2,1,3-5H3. The highest BCUT2D eigenvalue weighted by Gasteiger charge is 2.36. The first kappa shape index (κ1) is 13.5. The van der Waals surface area contributed by atoms with Crippen LogP contribution in [0.2, 0.25) is 0 Å². The van der Waals surface area contributed by atoms with Crippen LogP contribution < -0.4 is 0 Å². The topological polar surface area (TPSA) is 57.1 Å². The lowest BCUT2D eigenvalue weighted by Crippen LogP contribution is -2.33. The van der Waals surface area contributed by atoms with Crippen LogP contribution in [0.25, 0.3) is 0 Å². The summed E-state index contributed by atoms with van der Waals surface area (Å²) in [6, 6.07) is 0. The number of hydrogen-bond donors (Lipinski definition) is 0. The van der Waals surface area contributed by atoms with E-state index in [0.29, 0.717) is 0 Å². The monoisotopic (exact) mass is 241 g/mol. The van der Waals surface area contributed by atoms with Crippen molar-refractivity contribution in [1.82, 2.24) is 0 Å². The lowest BCUT2D eigenvalue weighted by atomic mass is 9.84. The molecular formula is C12H19NO4. The molecule has 0 aromatic carbocycles. The van der Waals surface area contributed by atoms with Crippen LogP contribution in [0.4, 0.5) is 4.79 Å². The Balaban J connectivity index is 2.63. The highest BCUT2D eigenvalue weighted by Crippen LogP contribution is 2.32. The molecule has 0 aromatic heterocycles. The van der Waals surface area contributed by atoms with Gasteiger partial charge in [0.25, 0.3) is 0 Å². The van der Waals surface area contributed by atoms with E-state index in [0.717, 1.165) is 5.57 Å². The highest BCUT2D eigenvalue weighted by atomic mass is 16.7. The number of rotatable bonds is 3. The molecule has 5 nitrogen and oxygen atoms in total. The molecule has 2 unspecified atom stereocenters. The fourth-order valence-corrected chi connectivity index (χ4v) is 1.33. The first-order valence-electron chi connectivity index (χ1n) is 5.56. The average Bonchev–Trinajstić information content (AvgIpc) is 2.63. The second-order valence-corrected chi connectivity index (χ2v) is 4.78. The van der Waals surface area contributed by atoms with Crippen LogP contribution in [0.15, 0.2) is 17.1 Å². The number of carbonyl (C=O) groups excluding carboxylic acids is 1. The van der Waals surface area contributed by atoms with Crippen LogP contribution in [0.5, 0.6) is 0 Å². The van der Waals surface area contributed by atoms with Gasteiger partial charge in [0.15, 0.2) is 12.5 Å². The Bertz CT molecular complexity index is 330. The number of aliphatic imine (C=N–C) groups is 1. The van der Waals surface area contributed by atoms with Crippen molar-refractivity contribution in [2.75, 3.05) is 6.61 Å². The summed E-state index contributed by atoms with van der Waals surface area (Å²) in [4.78, 5) is 15.2. The smallest absolute Gasteiger partial charge is 0.470 e. The molecule has 0 radical (unpaired) electrons. The van der Waals surface area contributed by atoms with Gasteiger partial charge in [-0.2, -0.15) is 0 Å². The van der Waals surface area contributed by atoms with Gasteiger partial charge in [0.05, 0.1) is 6.61 Å². The van der Waals surface area contributed by atoms with Crippen molar-refractivity contribution in [2.24, 2.45) is 10.4 Å². The molecule has 17 heavy (non-hydrogen) atoms. The largest absolute Gasteiger partial charge is 0.510 e. The van der Waals surface area contributed by atoms with Crippen molar-refractivity contribution in [3.8, 4) is 0 Å². The third kappa shape index (κ3) is 3.47. The van der Waals surface area contributed by atoms with Crippen molar-refractivity contribution in [3.63, 3.8) is 0 Å². The van der Waals surface area contributed by atoms with Gasteiger partial charge in [-0.25, -0.2) is 9.79 Å². The molecular weight excluding hydrogens is 222 g/mol. The maximum absolute atomic E-state index is 11.2. The second kappa shape index (κ2) is 5.21. The molecule has 0 saturated carbocycles. The predicted octanol–water partition coefficient (Wildman–Crippen LogP) is 2.52. The van der Waals surface area contributed by atoms with E-state index in [2.05, 4.69) is 11.6 Å². The van der Waals surface area contributed by atoms with E-state index in [-0.39, 0.29) is 12.0 Å². The van der Waals surface area contributed by atoms with Crippen molar-refractivity contribution >= 4 is 12.6 Å². The highest BCUT2D eigenvalue weighted by molar-refractivity contribution is 5.61. The summed E-state index contributed by atoms with van der Waals surface area (Å²) in [5, 5.41) is 0. The molecule has 0 N–H and O–H groups in total. The predicted molar refractivity (Wildman–Crippen MR) is 63.9 cm³/mol. The molecule has 0 spiro atoms. The minimum absolute atomic E-state index is 0.144. The Morgan fingerprint density at radius 1 is 1.53 bits per heavy atom. The third-order valence-electron chi connectivity index (χ3n) is 2.46. The zero-order chi connectivity index (χ0) is 13.1. The lowest BCUT2D eigenvalue weighted by Gasteiger charge is -2.28. The maximum atomic E-state index is 11.2. The van der Waals surface area contributed by atoms with Gasteiger partial charge in [0.1, 0.15) is 0 Å². The first-order valence-corrected chi connectivity index (χ1v) is 5.56. The molecule has 0 amide bonds. The maximum Gasteiger partial charge on any atom is 0.510 e. The molecule has 5 heteroatoms. The van der Waals surface area contributed by atoms with Gasteiger partial charge in [0.2, 0.25) is 6.23 Å². The number of ether oxygens (including phenoxy) is 3. The van der Waals surface area contributed by atoms with Crippen molar-refractivity contribution < 1.29 is 19.0 Å². The molecule has 0 bridgehead atoms. The summed E-state index contributed by atoms with van der Waals surface area (Å²) in [6.45, 7) is 12.0. The molecule has 1 heterocycles. The van der Waals surface area contributed by atoms with E-state index < -0.39 is 18.5 Å². The zero-order valence-electron chi connectivity index (χ0n) is 10.7. The molecule has 0 fully saturated rings. The van der Waals surface area contributed by atoms with Crippen LogP contribution in [0.3, 0.4) is 0 Å². The Labute approximate surface area is 101 Å². The molecule has 1 aliphatic heterocycles. The Kier molecular flexibility index (Phi) is 4.15. The Morgan fingerprint density at radius 3 is 2.71 bits per heavy atom. The average molecular weight is 241 g/mol. The quantitative estimate of drug-likeness (QED) is 0.562. The number of carbonyl (C=O) groups is 1. The van der Waals surface area contributed by atoms with E-state index in [4.69, 9.17) is 14.2 Å². The van der Waals surface area contributed by atoms with Crippen LogP contribution >= 0.6 is 0 Å². The fraction of sp³-hybridized carbons (Fsp3) is 0.667. The van der Waals surface area contributed by atoms with Crippen LogP contribution in [-0.2, 0) is 14.2 Å². The van der Waals surface area contributed by atoms with Crippen molar-refractivity contribution in [2.45, 2.75) is 40.0 Å². The van der Waals surface area contributed by atoms with Gasteiger partial charge >= 0.3 is 6.16 Å². The molecule has 1 rings (SSSR count). The van der Waals surface area contributed by atoms with Crippen LogP contribution in [0.1, 0.15) is 27.7 Å². The molecule has 2 atom stereocenters. The number of nitrogens with zero attached hydrogens (tertiary/aromatic N) is 1. The van der Waals surface area contributed by atoms with E-state index in [9.17, 15) is 4.79 Å². The summed E-state index contributed by atoms with van der Waals surface area (Å²) in [5.41, 5.74) is 0.679. The molecule has 0 aliphatic carbocycles. The first-order chi connectivity index (χ1) is 7.86. The Morgan fingerprint density at radius 2 is 2.18 bits per heavy atom. The van der Waals surface area contributed by atoms with Crippen LogP contribution in [0, 0.1) is 5.41 Å². The normalized spacial score (nSPS) is 23.1. The van der Waals surface area contributed by atoms with Crippen molar-refractivity contribution in [1.29, 1.82) is 0 Å². The summed E-state index contributed by atoms with van der Waals surface area (Å²) in [6.07, 6.45) is -0.613. The van der Waals surface area contributed by atoms with Gasteiger partial charge in [-0.05, 0) is 17.9 Å². The second-order valence-electron chi connectivity index (χ2n) is 4.78. The van der Waals surface area contributed by atoms with Crippen LogP contribution in [-0.4, -0.2) is 31.5 Å². The fourth-order valence-electron chi connectivity index (χ4n) is 1.33. The molecule has 0 aromatic rings. The number of hydrogen-bond acceptors (Lipinski definition) is 5. The summed E-state index contributed by atoms with van der Waals surface area (Å²) in [5.74, 6) is 0. The van der Waals surface area contributed by atoms with E-state index in [1.54, 1.807) is 6.92 Å². The molecule has 96 valence electrons. The minimum atomic E-state index is -0.744. The van der Waals surface area contributed by atoms with E-state index >= 15 is 0 Å². The summed E-state index contributed by atoms with van der Waals surface area (Å²) < 4.78 is 15.0. The molecule has 0 saturated heterocycles. The van der Waals surface area contributed by atoms with E-state index in [1.807, 2.05) is 20.8 Å². The van der Waals surface area contributed by atoms with Gasteiger partial charge in [-0.3, -0.25) is 0 Å². The van der Waals surface area contributed by atoms with E-state index in [1.165, 1.54) is 6.40 Å². The van der Waals surface area contributed by atoms with Gasteiger partial charge in [0, 0.05) is 0 Å². The lowest BCUT2D eigenvalue weighted by molar-refractivity contribution is 0.000314. The molecule has 1 aliphatic rings. The summed E-state index contributed by atoms with van der Waals surface area (Å²) in [7, 11) is 0. The minimum Gasteiger partial charge on any atom is -0.470 e. The zero-order valence-corrected chi connectivity index (χ0v) is 10.7. The summed E-state index contributed by atoms with van der Waals surface area (Å²) >= 11 is 0.